The third-order valence-electron chi connectivity index (χ3n) is 2.66. The maximum Gasteiger partial charge on any atom is 0.227 e. The molecule has 4 nitrogen and oxygen atoms in total. The molecular formula is C15H14F2N2O2. The van der Waals surface area contributed by atoms with Crippen molar-refractivity contribution in [3.05, 3.63) is 54.1 Å². The number of hydrogen-bond donors (Lipinski definition) is 2. The summed E-state index contributed by atoms with van der Waals surface area (Å²) >= 11 is 0. The number of nitrogens with two attached hydrogens (primary N) is 1. The molecule has 0 bridgehead atoms. The van der Waals surface area contributed by atoms with Gasteiger partial charge < -0.3 is 15.8 Å². The molecule has 0 aliphatic carbocycles. The lowest BCUT2D eigenvalue weighted by atomic mass is 10.3. The predicted octanol–water partition coefficient (Wildman–Crippen LogP) is 2.95. The molecule has 0 heterocycles. The summed E-state index contributed by atoms with van der Waals surface area (Å²) in [4.78, 5) is 11.6. The first-order valence-corrected chi connectivity index (χ1v) is 6.28. The van der Waals surface area contributed by atoms with E-state index in [1.165, 1.54) is 6.07 Å². The number of amides is 1. The van der Waals surface area contributed by atoms with Crippen LogP contribution >= 0.6 is 0 Å². The molecule has 3 N–H and O–H groups in total. The second kappa shape index (κ2) is 6.69. The van der Waals surface area contributed by atoms with Crippen LogP contribution in [0.25, 0.3) is 0 Å². The van der Waals surface area contributed by atoms with Crippen LogP contribution in [0.1, 0.15) is 6.42 Å². The number of carbonyl (C=O) groups is 1. The lowest BCUT2D eigenvalue weighted by Crippen LogP contribution is -2.15. The van der Waals surface area contributed by atoms with Crippen LogP contribution in [0.2, 0.25) is 0 Å². The van der Waals surface area contributed by atoms with Gasteiger partial charge in [0.05, 0.1) is 13.0 Å². The summed E-state index contributed by atoms with van der Waals surface area (Å²) < 4.78 is 31.1. The first kappa shape index (κ1) is 14.8. The molecule has 0 aromatic heterocycles. The number of halogens is 2. The summed E-state index contributed by atoms with van der Waals surface area (Å²) in [6.45, 7) is 0.152. The Labute approximate surface area is 120 Å². The highest BCUT2D eigenvalue weighted by Gasteiger charge is 2.06. The molecular weight excluding hydrogens is 278 g/mol. The standard InChI is InChI=1S/C15H14F2N2O2/c16-13-5-4-11(9-14(13)17)19-15(20)6-7-21-12-3-1-2-10(18)8-12/h1-5,8-9H,6-7,18H2,(H,19,20). The van der Waals surface area contributed by atoms with Gasteiger partial charge in [-0.3, -0.25) is 4.79 Å². The summed E-state index contributed by atoms with van der Waals surface area (Å²) in [5, 5.41) is 2.46. The zero-order valence-corrected chi connectivity index (χ0v) is 11.1. The van der Waals surface area contributed by atoms with Gasteiger partial charge in [0.2, 0.25) is 5.91 Å². The lowest BCUT2D eigenvalue weighted by molar-refractivity contribution is -0.116. The van der Waals surface area contributed by atoms with Crippen LogP contribution in [0.15, 0.2) is 42.5 Å². The Hall–Kier alpha value is -2.63. The fourth-order valence-corrected chi connectivity index (χ4v) is 1.66. The summed E-state index contributed by atoms with van der Waals surface area (Å²) in [5.74, 6) is -1.76. The summed E-state index contributed by atoms with van der Waals surface area (Å²) in [7, 11) is 0. The molecule has 110 valence electrons. The Morgan fingerprint density at radius 1 is 1.14 bits per heavy atom. The van der Waals surface area contributed by atoms with Gasteiger partial charge in [0.15, 0.2) is 11.6 Å². The van der Waals surface area contributed by atoms with E-state index < -0.39 is 11.6 Å². The van der Waals surface area contributed by atoms with Crippen LogP contribution in [0.5, 0.6) is 5.75 Å². The minimum atomic E-state index is -1.01. The average molecular weight is 292 g/mol. The maximum absolute atomic E-state index is 13.0. The minimum Gasteiger partial charge on any atom is -0.493 e. The molecule has 6 heteroatoms. The van der Waals surface area contributed by atoms with Gasteiger partial charge in [-0.05, 0) is 24.3 Å². The number of nitrogen functional groups attached to an aromatic ring is 1. The fraction of sp³-hybridized carbons (Fsp3) is 0.133. The van der Waals surface area contributed by atoms with Crippen LogP contribution in [-0.4, -0.2) is 12.5 Å². The topological polar surface area (TPSA) is 64.3 Å². The molecule has 0 fully saturated rings. The van der Waals surface area contributed by atoms with Gasteiger partial charge in [-0.2, -0.15) is 0 Å². The van der Waals surface area contributed by atoms with Crippen molar-refractivity contribution in [1.29, 1.82) is 0 Å². The van der Waals surface area contributed by atoms with Crippen molar-refractivity contribution in [1.82, 2.24) is 0 Å². The highest BCUT2D eigenvalue weighted by Crippen LogP contribution is 2.15. The van der Waals surface area contributed by atoms with Crippen LogP contribution in [0, 0.1) is 11.6 Å². The molecule has 0 aliphatic heterocycles. The number of ether oxygens (including phenoxy) is 1. The molecule has 21 heavy (non-hydrogen) atoms. The molecule has 0 saturated heterocycles. The highest BCUT2D eigenvalue weighted by molar-refractivity contribution is 5.90. The third kappa shape index (κ3) is 4.45. The van der Waals surface area contributed by atoms with Crippen molar-refractivity contribution in [3.8, 4) is 5.75 Å². The van der Waals surface area contributed by atoms with E-state index in [0.717, 1.165) is 12.1 Å². The van der Waals surface area contributed by atoms with E-state index in [9.17, 15) is 13.6 Å². The Morgan fingerprint density at radius 2 is 1.95 bits per heavy atom. The monoisotopic (exact) mass is 292 g/mol. The van der Waals surface area contributed by atoms with Gasteiger partial charge in [0, 0.05) is 23.5 Å². The quantitative estimate of drug-likeness (QED) is 0.833. The number of carbonyl (C=O) groups excluding carboxylic acids is 1. The van der Waals surface area contributed by atoms with Crippen molar-refractivity contribution in [2.24, 2.45) is 0 Å². The van der Waals surface area contributed by atoms with E-state index in [2.05, 4.69) is 5.32 Å². The maximum atomic E-state index is 13.0. The van der Waals surface area contributed by atoms with Crippen molar-refractivity contribution in [2.75, 3.05) is 17.7 Å². The van der Waals surface area contributed by atoms with E-state index >= 15 is 0 Å². The summed E-state index contributed by atoms with van der Waals surface area (Å²) in [5.41, 5.74) is 6.36. The van der Waals surface area contributed by atoms with Crippen molar-refractivity contribution in [2.45, 2.75) is 6.42 Å². The van der Waals surface area contributed by atoms with E-state index in [1.54, 1.807) is 24.3 Å². The predicted molar refractivity (Wildman–Crippen MR) is 76.0 cm³/mol. The Bertz CT molecular complexity index is 647. The SMILES string of the molecule is Nc1cccc(OCCC(=O)Nc2ccc(F)c(F)c2)c1. The minimum absolute atomic E-state index is 0.0772. The van der Waals surface area contributed by atoms with Crippen LogP contribution in [-0.2, 0) is 4.79 Å². The van der Waals surface area contributed by atoms with E-state index in [4.69, 9.17) is 10.5 Å². The normalized spacial score (nSPS) is 10.2. The summed E-state index contributed by atoms with van der Waals surface area (Å²) in [6, 6.07) is 10.0. The number of benzene rings is 2. The average Bonchev–Trinajstić information content (AvgIpc) is 2.43. The van der Waals surface area contributed by atoms with Gasteiger partial charge in [-0.25, -0.2) is 8.78 Å². The molecule has 2 aromatic carbocycles. The van der Waals surface area contributed by atoms with Gasteiger partial charge >= 0.3 is 0 Å². The largest absolute Gasteiger partial charge is 0.493 e. The molecule has 2 aromatic rings. The second-order valence-electron chi connectivity index (χ2n) is 4.35. The van der Waals surface area contributed by atoms with Gasteiger partial charge in [-0.1, -0.05) is 6.07 Å². The van der Waals surface area contributed by atoms with Crippen molar-refractivity contribution < 1.29 is 18.3 Å². The first-order valence-electron chi connectivity index (χ1n) is 6.28. The van der Waals surface area contributed by atoms with Crippen LogP contribution < -0.4 is 15.8 Å². The first-order chi connectivity index (χ1) is 10.0. The molecule has 0 unspecified atom stereocenters. The molecule has 0 spiro atoms. The molecule has 0 atom stereocenters. The Morgan fingerprint density at radius 3 is 2.67 bits per heavy atom. The van der Waals surface area contributed by atoms with Crippen molar-refractivity contribution >= 4 is 17.3 Å². The number of nitrogens with one attached hydrogen (secondary N) is 1. The number of anilines is 2. The van der Waals surface area contributed by atoms with Gasteiger partial charge in [-0.15, -0.1) is 0 Å². The third-order valence-corrected chi connectivity index (χ3v) is 2.66. The van der Waals surface area contributed by atoms with Gasteiger partial charge in [0.25, 0.3) is 0 Å². The van der Waals surface area contributed by atoms with Crippen molar-refractivity contribution in [3.63, 3.8) is 0 Å². The number of hydrogen-bond acceptors (Lipinski definition) is 3. The van der Waals surface area contributed by atoms with Gasteiger partial charge in [0.1, 0.15) is 5.75 Å². The summed E-state index contributed by atoms with van der Waals surface area (Å²) in [6.07, 6.45) is 0.0772. The zero-order valence-electron chi connectivity index (χ0n) is 11.1. The van der Waals surface area contributed by atoms with Crippen LogP contribution in [0.3, 0.4) is 0 Å². The second-order valence-corrected chi connectivity index (χ2v) is 4.35. The molecule has 2 rings (SSSR count). The van der Waals surface area contributed by atoms with E-state index in [-0.39, 0.29) is 24.6 Å². The van der Waals surface area contributed by atoms with E-state index in [0.29, 0.717) is 11.4 Å². The Kier molecular flexibility index (Phi) is 4.71. The molecule has 0 saturated carbocycles. The van der Waals surface area contributed by atoms with E-state index in [1.807, 2.05) is 0 Å². The van der Waals surface area contributed by atoms with Crippen LogP contribution in [0.4, 0.5) is 20.2 Å². The molecule has 0 radical (unpaired) electrons. The lowest BCUT2D eigenvalue weighted by Gasteiger charge is -2.08. The smallest absolute Gasteiger partial charge is 0.227 e. The number of rotatable bonds is 5. The zero-order chi connectivity index (χ0) is 15.2. The molecule has 0 aliphatic rings. The Balaban J connectivity index is 1.81. The molecule has 1 amide bonds. The fourth-order valence-electron chi connectivity index (χ4n) is 1.66. The highest BCUT2D eigenvalue weighted by atomic mass is 19.2.